The molecule has 1 spiro atoms. The van der Waals surface area contributed by atoms with Crippen LogP contribution in [-0.4, -0.2) is 30.1 Å². The van der Waals surface area contributed by atoms with E-state index in [1.165, 1.54) is 18.2 Å². The molecule has 1 unspecified atom stereocenters. The van der Waals surface area contributed by atoms with Crippen LogP contribution in [0.2, 0.25) is 0 Å². The van der Waals surface area contributed by atoms with Crippen LogP contribution in [0, 0.1) is 23.7 Å². The van der Waals surface area contributed by atoms with Gasteiger partial charge in [-0.2, -0.15) is 0 Å². The molecule has 0 amide bonds. The zero-order chi connectivity index (χ0) is 17.2. The highest BCUT2D eigenvalue weighted by atomic mass is 16.6. The van der Waals surface area contributed by atoms with Gasteiger partial charge in [-0.15, -0.1) is 0 Å². The van der Waals surface area contributed by atoms with Crippen molar-refractivity contribution in [1.29, 1.82) is 0 Å². The molecule has 25 heavy (non-hydrogen) atoms. The lowest BCUT2D eigenvalue weighted by molar-refractivity contribution is -0.197. The lowest BCUT2D eigenvalue weighted by Gasteiger charge is -2.52. The maximum atomic E-state index is 12.7. The number of aliphatic hydroxyl groups is 1. The van der Waals surface area contributed by atoms with E-state index in [9.17, 15) is 9.90 Å². The summed E-state index contributed by atoms with van der Waals surface area (Å²) in [6.45, 7) is 0. The second kappa shape index (κ2) is 5.55. The highest BCUT2D eigenvalue weighted by Crippen LogP contribution is 2.65. The van der Waals surface area contributed by atoms with E-state index in [-0.39, 0.29) is 23.4 Å². The monoisotopic (exact) mass is 342 g/mol. The van der Waals surface area contributed by atoms with E-state index in [4.69, 9.17) is 9.47 Å². The normalized spacial score (nSPS) is 44.4. The van der Waals surface area contributed by atoms with Crippen molar-refractivity contribution in [3.8, 4) is 0 Å². The zero-order valence-corrected chi connectivity index (χ0v) is 14.7. The fourth-order valence-corrected chi connectivity index (χ4v) is 6.80. The number of ether oxygens (including phenoxy) is 2. The molecule has 0 bridgehead atoms. The highest BCUT2D eigenvalue weighted by molar-refractivity contribution is 5.74. The van der Waals surface area contributed by atoms with Crippen LogP contribution in [0.1, 0.15) is 49.1 Å². The van der Waals surface area contributed by atoms with E-state index >= 15 is 0 Å². The van der Waals surface area contributed by atoms with Crippen molar-refractivity contribution in [1.82, 2.24) is 0 Å². The molecule has 1 saturated heterocycles. The smallest absolute Gasteiger partial charge is 0.309 e. The molecule has 0 aromatic heterocycles. The number of methoxy groups -OCH3 is 1. The molecule has 1 aromatic carbocycles. The summed E-state index contributed by atoms with van der Waals surface area (Å²) in [5.74, 6) is 1.23. The largest absolute Gasteiger partial charge is 0.469 e. The first-order valence-electron chi connectivity index (χ1n) is 9.65. The zero-order valence-electron chi connectivity index (χ0n) is 14.7. The van der Waals surface area contributed by atoms with Crippen molar-refractivity contribution >= 4 is 5.97 Å². The summed E-state index contributed by atoms with van der Waals surface area (Å²) in [6.07, 6.45) is 5.20. The molecule has 7 atom stereocenters. The van der Waals surface area contributed by atoms with Crippen LogP contribution in [0.15, 0.2) is 24.3 Å². The Morgan fingerprint density at radius 3 is 2.96 bits per heavy atom. The molecule has 1 N–H and O–H groups in total. The molecular weight excluding hydrogens is 316 g/mol. The summed E-state index contributed by atoms with van der Waals surface area (Å²) in [7, 11) is 1.49. The van der Waals surface area contributed by atoms with E-state index in [0.717, 1.165) is 32.1 Å². The molecule has 3 aliphatic carbocycles. The molecule has 2 saturated carbocycles. The quantitative estimate of drug-likeness (QED) is 0.797. The van der Waals surface area contributed by atoms with Crippen LogP contribution in [0.25, 0.3) is 0 Å². The van der Waals surface area contributed by atoms with Gasteiger partial charge in [0.05, 0.1) is 18.6 Å². The van der Waals surface area contributed by atoms with Gasteiger partial charge in [0.2, 0.25) is 0 Å². The summed E-state index contributed by atoms with van der Waals surface area (Å²) in [5, 5.41) is 10.2. The SMILES string of the molecule is COC(=O)[C@@H]1C[C@@]23OC(O)C[C@@H]2CC[C@H]3[C@@H]2CCc3ccccc3[C@H]21. The highest BCUT2D eigenvalue weighted by Gasteiger charge is 2.65. The minimum absolute atomic E-state index is 0.116. The molecular formula is C21H26O4. The number of aryl methyl sites for hydroxylation is 1. The molecule has 4 nitrogen and oxygen atoms in total. The topological polar surface area (TPSA) is 55.8 Å². The van der Waals surface area contributed by atoms with E-state index in [2.05, 4.69) is 24.3 Å². The predicted octanol–water partition coefficient (Wildman–Crippen LogP) is 3.03. The van der Waals surface area contributed by atoms with Gasteiger partial charge >= 0.3 is 5.97 Å². The van der Waals surface area contributed by atoms with Crippen LogP contribution < -0.4 is 0 Å². The fraction of sp³-hybridized carbons (Fsp3) is 0.667. The van der Waals surface area contributed by atoms with Gasteiger partial charge in [-0.25, -0.2) is 0 Å². The van der Waals surface area contributed by atoms with Crippen LogP contribution in [0.4, 0.5) is 0 Å². The number of benzene rings is 1. The molecule has 1 aromatic rings. The van der Waals surface area contributed by atoms with Crippen LogP contribution in [0.5, 0.6) is 0 Å². The molecule has 134 valence electrons. The maximum Gasteiger partial charge on any atom is 0.309 e. The Labute approximate surface area is 148 Å². The number of rotatable bonds is 1. The van der Waals surface area contributed by atoms with Crippen LogP contribution in [0.3, 0.4) is 0 Å². The van der Waals surface area contributed by atoms with Crippen molar-refractivity contribution in [3.63, 3.8) is 0 Å². The first-order chi connectivity index (χ1) is 12.1. The summed E-state index contributed by atoms with van der Waals surface area (Å²) < 4.78 is 11.4. The predicted molar refractivity (Wildman–Crippen MR) is 91.8 cm³/mol. The Morgan fingerprint density at radius 2 is 2.12 bits per heavy atom. The Kier molecular flexibility index (Phi) is 3.52. The Hall–Kier alpha value is -1.39. The summed E-state index contributed by atoms with van der Waals surface area (Å²) in [5.41, 5.74) is 2.41. The first kappa shape index (κ1) is 15.8. The van der Waals surface area contributed by atoms with Gasteiger partial charge in [-0.3, -0.25) is 4.79 Å². The summed E-state index contributed by atoms with van der Waals surface area (Å²) in [4.78, 5) is 12.7. The number of hydrogen-bond donors (Lipinski definition) is 1. The Morgan fingerprint density at radius 1 is 1.28 bits per heavy atom. The van der Waals surface area contributed by atoms with Crippen LogP contribution in [-0.2, 0) is 20.7 Å². The van der Waals surface area contributed by atoms with Crippen molar-refractivity contribution in [3.05, 3.63) is 35.4 Å². The van der Waals surface area contributed by atoms with Gasteiger partial charge in [0, 0.05) is 12.3 Å². The van der Waals surface area contributed by atoms with Gasteiger partial charge in [0.1, 0.15) is 0 Å². The molecule has 0 radical (unpaired) electrons. The average molecular weight is 342 g/mol. The molecule has 5 rings (SSSR count). The maximum absolute atomic E-state index is 12.7. The third kappa shape index (κ3) is 2.10. The third-order valence-corrected chi connectivity index (χ3v) is 7.60. The van der Waals surface area contributed by atoms with Gasteiger partial charge in [-0.05, 0) is 61.0 Å². The Balaban J connectivity index is 1.61. The summed E-state index contributed by atoms with van der Waals surface area (Å²) in [6, 6.07) is 8.60. The van der Waals surface area contributed by atoms with E-state index in [1.54, 1.807) is 0 Å². The van der Waals surface area contributed by atoms with Crippen molar-refractivity contribution < 1.29 is 19.4 Å². The lowest BCUT2D eigenvalue weighted by Crippen LogP contribution is -2.54. The number of hydrogen-bond acceptors (Lipinski definition) is 4. The van der Waals surface area contributed by atoms with E-state index < -0.39 is 6.29 Å². The minimum Gasteiger partial charge on any atom is -0.469 e. The molecule has 3 fully saturated rings. The third-order valence-electron chi connectivity index (χ3n) is 7.60. The number of carbonyl (C=O) groups excluding carboxylic acids is 1. The Bertz CT molecular complexity index is 701. The van der Waals surface area contributed by atoms with Crippen LogP contribution >= 0.6 is 0 Å². The van der Waals surface area contributed by atoms with Crippen molar-refractivity contribution in [2.24, 2.45) is 23.7 Å². The molecule has 4 aliphatic rings. The number of fused-ring (bicyclic) bond motifs is 4. The number of carbonyl (C=O) groups is 1. The number of esters is 1. The van der Waals surface area contributed by atoms with Crippen molar-refractivity contribution in [2.45, 2.75) is 56.3 Å². The number of aliphatic hydroxyl groups excluding tert-OH is 1. The van der Waals surface area contributed by atoms with Gasteiger partial charge < -0.3 is 14.6 Å². The van der Waals surface area contributed by atoms with Crippen molar-refractivity contribution in [2.75, 3.05) is 7.11 Å². The van der Waals surface area contributed by atoms with E-state index in [0.29, 0.717) is 24.2 Å². The van der Waals surface area contributed by atoms with Gasteiger partial charge in [0.15, 0.2) is 6.29 Å². The molecule has 4 heteroatoms. The van der Waals surface area contributed by atoms with E-state index in [1.807, 2.05) is 0 Å². The molecule has 1 heterocycles. The fourth-order valence-electron chi connectivity index (χ4n) is 6.80. The lowest BCUT2D eigenvalue weighted by atomic mass is 9.54. The summed E-state index contributed by atoms with van der Waals surface area (Å²) >= 11 is 0. The minimum atomic E-state index is -0.668. The standard InChI is InChI=1S/C21H26O4/c1-24-20(23)16-11-21-13(10-18(22)25-21)7-9-17(21)15-8-6-12-4-2-3-5-14(12)19(15)16/h2-5,13,15-19,22H,6-11H2,1H3/t13-,15-,16+,17-,18?,19+,21+/m0/s1. The second-order valence-corrected chi connectivity index (χ2v) is 8.40. The van der Waals surface area contributed by atoms with Gasteiger partial charge in [-0.1, -0.05) is 24.3 Å². The van der Waals surface area contributed by atoms with Gasteiger partial charge in [0.25, 0.3) is 0 Å². The second-order valence-electron chi connectivity index (χ2n) is 8.40. The first-order valence-corrected chi connectivity index (χ1v) is 9.65. The molecule has 1 aliphatic heterocycles. The average Bonchev–Trinajstić information content (AvgIpc) is 3.12.